The van der Waals surface area contributed by atoms with Crippen molar-refractivity contribution in [1.29, 1.82) is 0 Å². The minimum absolute atomic E-state index is 0.0336. The summed E-state index contributed by atoms with van der Waals surface area (Å²) in [5.74, 6) is 0.256. The number of carbonyl (C=O) groups is 1. The molecule has 1 aliphatic carbocycles. The van der Waals surface area contributed by atoms with E-state index in [9.17, 15) is 9.18 Å². The van der Waals surface area contributed by atoms with Crippen LogP contribution in [0.25, 0.3) is 0 Å². The van der Waals surface area contributed by atoms with Crippen LogP contribution in [0.5, 0.6) is 5.75 Å². The number of benzene rings is 1. The third-order valence-electron chi connectivity index (χ3n) is 3.17. The summed E-state index contributed by atoms with van der Waals surface area (Å²) in [7, 11) is 1.41. The zero-order chi connectivity index (χ0) is 11.5. The van der Waals surface area contributed by atoms with Gasteiger partial charge in [0.25, 0.3) is 0 Å². The van der Waals surface area contributed by atoms with Crippen LogP contribution in [0.15, 0.2) is 18.2 Å². The van der Waals surface area contributed by atoms with E-state index < -0.39 is 5.82 Å². The van der Waals surface area contributed by atoms with E-state index in [0.29, 0.717) is 17.9 Å². The van der Waals surface area contributed by atoms with Gasteiger partial charge in [0, 0.05) is 12.0 Å². The second kappa shape index (κ2) is 4.64. The Morgan fingerprint density at radius 3 is 2.75 bits per heavy atom. The van der Waals surface area contributed by atoms with E-state index in [1.807, 2.05) is 0 Å². The van der Waals surface area contributed by atoms with Crippen molar-refractivity contribution in [2.75, 3.05) is 7.11 Å². The van der Waals surface area contributed by atoms with E-state index in [-0.39, 0.29) is 11.5 Å². The van der Waals surface area contributed by atoms with Gasteiger partial charge in [-0.1, -0.05) is 19.3 Å². The van der Waals surface area contributed by atoms with Gasteiger partial charge in [-0.2, -0.15) is 0 Å². The van der Waals surface area contributed by atoms with E-state index in [4.69, 9.17) is 4.74 Å². The quantitative estimate of drug-likeness (QED) is 0.731. The number of hydrogen-bond acceptors (Lipinski definition) is 2. The molecule has 0 amide bonds. The van der Waals surface area contributed by atoms with Gasteiger partial charge in [0.2, 0.25) is 0 Å². The smallest absolute Gasteiger partial charge is 0.165 e. The number of halogens is 1. The highest BCUT2D eigenvalue weighted by Crippen LogP contribution is 2.31. The number of Topliss-reactive ketones (excluding diaryl/α,β-unsaturated/α-hetero) is 1. The number of hydrogen-bond donors (Lipinski definition) is 0. The average molecular weight is 222 g/mol. The Balaban J connectivity index is 2.07. The molecule has 0 bridgehead atoms. The molecule has 86 valence electrons. The Hall–Kier alpha value is -1.38. The molecule has 3 heteroatoms. The molecule has 0 saturated heterocycles. The summed E-state index contributed by atoms with van der Waals surface area (Å²) in [6, 6.07) is 4.39. The van der Waals surface area contributed by atoms with E-state index in [2.05, 4.69) is 0 Å². The lowest BCUT2D eigenvalue weighted by Gasteiger charge is -2.24. The van der Waals surface area contributed by atoms with Gasteiger partial charge in [0.1, 0.15) is 0 Å². The third-order valence-corrected chi connectivity index (χ3v) is 3.17. The molecule has 0 radical (unpaired) electrons. The number of ketones is 1. The fourth-order valence-corrected chi connectivity index (χ4v) is 1.92. The van der Waals surface area contributed by atoms with Gasteiger partial charge in [0.05, 0.1) is 7.11 Å². The van der Waals surface area contributed by atoms with Crippen molar-refractivity contribution in [3.63, 3.8) is 0 Å². The van der Waals surface area contributed by atoms with Crippen molar-refractivity contribution < 1.29 is 13.9 Å². The molecule has 16 heavy (non-hydrogen) atoms. The van der Waals surface area contributed by atoms with Crippen LogP contribution in [0.3, 0.4) is 0 Å². The van der Waals surface area contributed by atoms with Gasteiger partial charge >= 0.3 is 0 Å². The molecule has 1 fully saturated rings. The summed E-state index contributed by atoms with van der Waals surface area (Å²) in [6.45, 7) is 0. The zero-order valence-corrected chi connectivity index (χ0v) is 9.33. The molecule has 2 rings (SSSR count). The largest absolute Gasteiger partial charge is 0.494 e. The fourth-order valence-electron chi connectivity index (χ4n) is 1.92. The first-order chi connectivity index (χ1) is 7.70. The summed E-state index contributed by atoms with van der Waals surface area (Å²) in [5.41, 5.74) is 0.449. The Labute approximate surface area is 94.4 Å². The normalized spacial score (nSPS) is 15.6. The maximum atomic E-state index is 13.4. The van der Waals surface area contributed by atoms with Crippen molar-refractivity contribution in [2.24, 2.45) is 5.92 Å². The standard InChI is InChI=1S/C13H15FO2/c1-16-13-6-5-10(8-11(13)14)12(15)7-9-3-2-4-9/h5-6,8-9H,2-4,7H2,1H3. The Bertz CT molecular complexity index is 397. The summed E-state index contributed by atoms with van der Waals surface area (Å²) >= 11 is 0. The highest BCUT2D eigenvalue weighted by molar-refractivity contribution is 5.96. The van der Waals surface area contributed by atoms with Crippen LogP contribution in [-0.2, 0) is 0 Å². The van der Waals surface area contributed by atoms with Crippen molar-refractivity contribution in [1.82, 2.24) is 0 Å². The minimum Gasteiger partial charge on any atom is -0.494 e. The average Bonchev–Trinajstić information content (AvgIpc) is 2.23. The maximum Gasteiger partial charge on any atom is 0.165 e. The second-order valence-electron chi connectivity index (χ2n) is 4.27. The summed E-state index contributed by atoms with van der Waals surface area (Å²) in [5, 5.41) is 0. The first-order valence-corrected chi connectivity index (χ1v) is 5.57. The first kappa shape index (κ1) is 11.1. The number of ether oxygens (including phenoxy) is 1. The molecule has 1 aromatic rings. The summed E-state index contributed by atoms with van der Waals surface area (Å²) in [6.07, 6.45) is 4.02. The van der Waals surface area contributed by atoms with Gasteiger partial charge in [-0.3, -0.25) is 4.79 Å². The summed E-state index contributed by atoms with van der Waals surface area (Å²) in [4.78, 5) is 11.8. The lowest BCUT2D eigenvalue weighted by molar-refractivity contribution is 0.0936. The molecular formula is C13H15FO2. The molecule has 0 atom stereocenters. The predicted octanol–water partition coefficient (Wildman–Crippen LogP) is 3.21. The number of methoxy groups -OCH3 is 1. The van der Waals surface area contributed by atoms with Gasteiger partial charge in [-0.25, -0.2) is 4.39 Å². The SMILES string of the molecule is COc1ccc(C(=O)CC2CCC2)cc1F. The van der Waals surface area contributed by atoms with Crippen LogP contribution in [0.1, 0.15) is 36.0 Å². The predicted molar refractivity (Wildman–Crippen MR) is 59.2 cm³/mol. The van der Waals surface area contributed by atoms with E-state index in [1.54, 1.807) is 6.07 Å². The molecule has 0 spiro atoms. The van der Waals surface area contributed by atoms with E-state index in [0.717, 1.165) is 12.8 Å². The zero-order valence-electron chi connectivity index (χ0n) is 9.33. The minimum atomic E-state index is -0.470. The topological polar surface area (TPSA) is 26.3 Å². The second-order valence-corrected chi connectivity index (χ2v) is 4.27. The molecule has 0 heterocycles. The highest BCUT2D eigenvalue weighted by atomic mass is 19.1. The molecule has 2 nitrogen and oxygen atoms in total. The Morgan fingerprint density at radius 2 is 2.25 bits per heavy atom. The van der Waals surface area contributed by atoms with Crippen LogP contribution in [0.4, 0.5) is 4.39 Å². The van der Waals surface area contributed by atoms with Crippen LogP contribution in [0, 0.1) is 11.7 Å². The van der Waals surface area contributed by atoms with Crippen molar-refractivity contribution in [2.45, 2.75) is 25.7 Å². The van der Waals surface area contributed by atoms with Gasteiger partial charge < -0.3 is 4.74 Å². The van der Waals surface area contributed by atoms with Gasteiger partial charge in [-0.05, 0) is 24.1 Å². The van der Waals surface area contributed by atoms with Crippen molar-refractivity contribution in [3.8, 4) is 5.75 Å². The molecule has 1 saturated carbocycles. The first-order valence-electron chi connectivity index (χ1n) is 5.57. The highest BCUT2D eigenvalue weighted by Gasteiger charge is 2.21. The van der Waals surface area contributed by atoms with Gasteiger partial charge in [-0.15, -0.1) is 0 Å². The Morgan fingerprint density at radius 1 is 1.50 bits per heavy atom. The molecule has 0 N–H and O–H groups in total. The molecule has 1 aromatic carbocycles. The van der Waals surface area contributed by atoms with Crippen molar-refractivity contribution in [3.05, 3.63) is 29.6 Å². The Kier molecular flexibility index (Phi) is 3.22. The number of rotatable bonds is 4. The van der Waals surface area contributed by atoms with Crippen LogP contribution in [-0.4, -0.2) is 12.9 Å². The fraction of sp³-hybridized carbons (Fsp3) is 0.462. The van der Waals surface area contributed by atoms with E-state index in [1.165, 1.54) is 25.7 Å². The van der Waals surface area contributed by atoms with E-state index >= 15 is 0 Å². The van der Waals surface area contributed by atoms with Crippen LogP contribution in [0.2, 0.25) is 0 Å². The molecule has 0 unspecified atom stereocenters. The molecule has 0 aromatic heterocycles. The number of carbonyl (C=O) groups excluding carboxylic acids is 1. The lowest BCUT2D eigenvalue weighted by Crippen LogP contribution is -2.16. The van der Waals surface area contributed by atoms with Crippen molar-refractivity contribution >= 4 is 5.78 Å². The lowest BCUT2D eigenvalue weighted by atomic mass is 9.81. The van der Waals surface area contributed by atoms with Crippen LogP contribution >= 0.6 is 0 Å². The molecule has 0 aliphatic heterocycles. The summed E-state index contributed by atoms with van der Waals surface area (Å²) < 4.78 is 18.2. The van der Waals surface area contributed by atoms with Crippen LogP contribution < -0.4 is 4.74 Å². The third kappa shape index (κ3) is 2.23. The molecule has 1 aliphatic rings. The van der Waals surface area contributed by atoms with Gasteiger partial charge in [0.15, 0.2) is 17.3 Å². The molecular weight excluding hydrogens is 207 g/mol. The maximum absolute atomic E-state index is 13.4. The monoisotopic (exact) mass is 222 g/mol.